The Morgan fingerprint density at radius 2 is 2.50 bits per heavy atom. The predicted octanol–water partition coefficient (Wildman–Crippen LogP) is -0.499. The molecule has 4 heteroatoms. The molecule has 0 bridgehead atoms. The van der Waals surface area contributed by atoms with Gasteiger partial charge in [-0.2, -0.15) is 0 Å². The summed E-state index contributed by atoms with van der Waals surface area (Å²) in [5.74, 6) is -0.488. The number of rotatable bonds is 1. The van der Waals surface area contributed by atoms with E-state index >= 15 is 0 Å². The number of nitrogens with two attached hydrogens (primary N) is 1. The van der Waals surface area contributed by atoms with Crippen LogP contribution in [0.2, 0.25) is 0 Å². The van der Waals surface area contributed by atoms with Crippen molar-refractivity contribution in [2.75, 3.05) is 0 Å². The van der Waals surface area contributed by atoms with Gasteiger partial charge in [-0.3, -0.25) is 9.79 Å². The normalized spacial score (nSPS) is 15.4. The van der Waals surface area contributed by atoms with Gasteiger partial charge in [0.2, 0.25) is 0 Å². The summed E-state index contributed by atoms with van der Waals surface area (Å²) in [6, 6.07) is 0. The summed E-state index contributed by atoms with van der Waals surface area (Å²) in [7, 11) is 0. The van der Waals surface area contributed by atoms with E-state index in [9.17, 15) is 4.79 Å². The standard InChI is InChI=1S/C6H7N3O/c7-6(10)5-1-2-8-3-4-9-5/h1-4,9H,(H2,7,10). The van der Waals surface area contributed by atoms with Crippen molar-refractivity contribution < 1.29 is 4.79 Å². The zero-order valence-corrected chi connectivity index (χ0v) is 5.24. The van der Waals surface area contributed by atoms with Gasteiger partial charge >= 0.3 is 0 Å². The summed E-state index contributed by atoms with van der Waals surface area (Å²) in [6.45, 7) is 0. The molecule has 1 aliphatic heterocycles. The first-order valence-corrected chi connectivity index (χ1v) is 2.75. The number of amides is 1. The summed E-state index contributed by atoms with van der Waals surface area (Å²) >= 11 is 0. The third kappa shape index (κ3) is 1.45. The van der Waals surface area contributed by atoms with Crippen LogP contribution in [0.1, 0.15) is 0 Å². The number of hydrogen-bond acceptors (Lipinski definition) is 3. The predicted molar refractivity (Wildman–Crippen MR) is 38.0 cm³/mol. The van der Waals surface area contributed by atoms with Crippen LogP contribution in [0.5, 0.6) is 0 Å². The molecular weight excluding hydrogens is 130 g/mol. The van der Waals surface area contributed by atoms with Gasteiger partial charge in [-0.25, -0.2) is 0 Å². The van der Waals surface area contributed by atoms with E-state index in [0.29, 0.717) is 5.70 Å². The Hall–Kier alpha value is -1.58. The van der Waals surface area contributed by atoms with Crippen LogP contribution in [-0.2, 0) is 4.79 Å². The van der Waals surface area contributed by atoms with E-state index in [2.05, 4.69) is 10.3 Å². The zero-order valence-electron chi connectivity index (χ0n) is 5.24. The number of carbonyl (C=O) groups is 1. The van der Waals surface area contributed by atoms with Crippen LogP contribution in [-0.4, -0.2) is 12.1 Å². The average molecular weight is 137 g/mol. The molecule has 10 heavy (non-hydrogen) atoms. The maximum atomic E-state index is 10.5. The van der Waals surface area contributed by atoms with E-state index in [0.717, 1.165) is 0 Å². The van der Waals surface area contributed by atoms with Crippen molar-refractivity contribution >= 4 is 12.1 Å². The lowest BCUT2D eigenvalue weighted by Gasteiger charge is -1.97. The van der Waals surface area contributed by atoms with E-state index in [-0.39, 0.29) is 0 Å². The third-order valence-electron chi connectivity index (χ3n) is 0.992. The number of primary amides is 1. The highest BCUT2D eigenvalue weighted by molar-refractivity contribution is 5.96. The molecule has 0 spiro atoms. The summed E-state index contributed by atoms with van der Waals surface area (Å²) in [4.78, 5) is 14.3. The van der Waals surface area contributed by atoms with Crippen LogP contribution in [0.25, 0.3) is 0 Å². The average Bonchev–Trinajstić information content (AvgIpc) is 2.12. The summed E-state index contributed by atoms with van der Waals surface area (Å²) in [5, 5.41) is 2.66. The molecular formula is C6H7N3O. The van der Waals surface area contributed by atoms with Gasteiger partial charge in [0.25, 0.3) is 5.91 Å². The quantitative estimate of drug-likeness (QED) is 0.511. The van der Waals surface area contributed by atoms with Crippen molar-refractivity contribution in [1.29, 1.82) is 0 Å². The fourth-order valence-electron chi connectivity index (χ4n) is 0.539. The maximum absolute atomic E-state index is 10.5. The van der Waals surface area contributed by atoms with Crippen molar-refractivity contribution in [3.8, 4) is 0 Å². The van der Waals surface area contributed by atoms with Crippen LogP contribution in [0.3, 0.4) is 0 Å². The lowest BCUT2D eigenvalue weighted by Crippen LogP contribution is -2.22. The lowest BCUT2D eigenvalue weighted by molar-refractivity contribution is -0.114. The molecule has 1 aliphatic rings. The maximum Gasteiger partial charge on any atom is 0.265 e. The second-order valence-electron chi connectivity index (χ2n) is 1.70. The van der Waals surface area contributed by atoms with Gasteiger partial charge in [-0.1, -0.05) is 0 Å². The topological polar surface area (TPSA) is 67.5 Å². The molecule has 0 unspecified atom stereocenters. The lowest BCUT2D eigenvalue weighted by atomic mass is 10.4. The fourth-order valence-corrected chi connectivity index (χ4v) is 0.539. The van der Waals surface area contributed by atoms with Crippen LogP contribution in [0.15, 0.2) is 29.2 Å². The zero-order chi connectivity index (χ0) is 7.40. The van der Waals surface area contributed by atoms with E-state index in [1.54, 1.807) is 6.20 Å². The molecule has 52 valence electrons. The minimum absolute atomic E-state index is 0.345. The Balaban J connectivity index is 2.78. The van der Waals surface area contributed by atoms with Crippen molar-refractivity contribution in [3.63, 3.8) is 0 Å². The SMILES string of the molecule is NC(=O)C1=CC=NC=CN1. The Kier molecular flexibility index (Phi) is 1.84. The first-order chi connectivity index (χ1) is 4.80. The summed E-state index contributed by atoms with van der Waals surface area (Å²) in [6.07, 6.45) is 6.09. The van der Waals surface area contributed by atoms with Crippen molar-refractivity contribution in [2.45, 2.75) is 0 Å². The molecule has 1 rings (SSSR count). The molecule has 1 amide bonds. The van der Waals surface area contributed by atoms with Gasteiger partial charge in [0, 0.05) is 18.6 Å². The van der Waals surface area contributed by atoms with Gasteiger partial charge in [-0.15, -0.1) is 0 Å². The second kappa shape index (κ2) is 2.82. The molecule has 0 radical (unpaired) electrons. The largest absolute Gasteiger partial charge is 0.364 e. The summed E-state index contributed by atoms with van der Waals surface area (Å²) < 4.78 is 0. The first kappa shape index (κ1) is 6.54. The minimum atomic E-state index is -0.488. The Labute approximate surface area is 58.1 Å². The molecule has 0 aromatic heterocycles. The molecule has 0 aromatic rings. The molecule has 0 aromatic carbocycles. The molecule has 1 heterocycles. The van der Waals surface area contributed by atoms with Crippen LogP contribution in [0, 0.1) is 0 Å². The van der Waals surface area contributed by atoms with E-state index in [1.807, 2.05) is 0 Å². The molecule has 0 saturated carbocycles. The highest BCUT2D eigenvalue weighted by Gasteiger charge is 2.00. The molecule has 0 atom stereocenters. The molecule has 3 N–H and O–H groups in total. The van der Waals surface area contributed by atoms with E-state index in [1.165, 1.54) is 18.5 Å². The number of allylic oxidation sites excluding steroid dienone is 1. The number of hydrogen-bond donors (Lipinski definition) is 2. The van der Waals surface area contributed by atoms with Crippen molar-refractivity contribution in [1.82, 2.24) is 5.32 Å². The highest BCUT2D eigenvalue weighted by Crippen LogP contribution is 1.89. The van der Waals surface area contributed by atoms with E-state index in [4.69, 9.17) is 5.73 Å². The smallest absolute Gasteiger partial charge is 0.265 e. The minimum Gasteiger partial charge on any atom is -0.364 e. The summed E-state index contributed by atoms with van der Waals surface area (Å²) in [5.41, 5.74) is 5.32. The molecule has 0 fully saturated rings. The molecule has 0 aliphatic carbocycles. The Morgan fingerprint density at radius 1 is 1.70 bits per heavy atom. The van der Waals surface area contributed by atoms with Crippen molar-refractivity contribution in [3.05, 3.63) is 24.2 Å². The third-order valence-corrected chi connectivity index (χ3v) is 0.992. The number of nitrogens with one attached hydrogen (secondary N) is 1. The monoisotopic (exact) mass is 137 g/mol. The van der Waals surface area contributed by atoms with Gasteiger partial charge < -0.3 is 11.1 Å². The first-order valence-electron chi connectivity index (χ1n) is 2.75. The van der Waals surface area contributed by atoms with Crippen LogP contribution >= 0.6 is 0 Å². The highest BCUT2D eigenvalue weighted by atomic mass is 16.1. The molecule has 0 saturated heterocycles. The van der Waals surface area contributed by atoms with Crippen molar-refractivity contribution in [2.24, 2.45) is 10.7 Å². The number of nitrogens with zero attached hydrogens (tertiary/aromatic N) is 1. The van der Waals surface area contributed by atoms with Crippen LogP contribution < -0.4 is 11.1 Å². The Morgan fingerprint density at radius 3 is 3.20 bits per heavy atom. The van der Waals surface area contributed by atoms with E-state index < -0.39 is 5.91 Å². The van der Waals surface area contributed by atoms with Gasteiger partial charge in [-0.05, 0) is 6.08 Å². The number of carbonyl (C=O) groups excluding carboxylic acids is 1. The fraction of sp³-hybridized carbons (Fsp3) is 0. The van der Waals surface area contributed by atoms with Gasteiger partial charge in [0.15, 0.2) is 0 Å². The van der Waals surface area contributed by atoms with Gasteiger partial charge in [0.05, 0.1) is 0 Å². The number of aliphatic imine (C=N–C) groups is 1. The second-order valence-corrected chi connectivity index (χ2v) is 1.70. The van der Waals surface area contributed by atoms with Crippen LogP contribution in [0.4, 0.5) is 0 Å². The van der Waals surface area contributed by atoms with Gasteiger partial charge in [0.1, 0.15) is 5.70 Å². The molecule has 4 nitrogen and oxygen atoms in total. The Bertz CT molecular complexity index is 227.